The van der Waals surface area contributed by atoms with Gasteiger partial charge in [-0.05, 0) is 66.9 Å². The Morgan fingerprint density at radius 2 is 1.61 bits per heavy atom. The maximum absolute atomic E-state index is 13.7. The number of amides is 1. The highest BCUT2D eigenvalue weighted by atomic mass is 35.5. The van der Waals surface area contributed by atoms with Gasteiger partial charge >= 0.3 is 0 Å². The number of carbonyl (C=O) groups excluding carboxylic acids is 1. The van der Waals surface area contributed by atoms with E-state index in [9.17, 15) is 21.6 Å². The van der Waals surface area contributed by atoms with Crippen LogP contribution in [0.1, 0.15) is 11.1 Å². The van der Waals surface area contributed by atoms with Gasteiger partial charge in [0.25, 0.3) is 10.0 Å². The lowest BCUT2D eigenvalue weighted by Crippen LogP contribution is -2.43. The van der Waals surface area contributed by atoms with E-state index in [1.54, 1.807) is 49.4 Å². The zero-order valence-electron chi connectivity index (χ0n) is 20.0. The van der Waals surface area contributed by atoms with Crippen molar-refractivity contribution < 1.29 is 21.6 Å². The molecule has 1 aliphatic rings. The summed E-state index contributed by atoms with van der Waals surface area (Å²) in [4.78, 5) is 15.2. The van der Waals surface area contributed by atoms with Gasteiger partial charge < -0.3 is 4.90 Å². The molecule has 0 bridgehead atoms. The van der Waals surface area contributed by atoms with Crippen LogP contribution in [0.2, 0.25) is 5.02 Å². The third-order valence-electron chi connectivity index (χ3n) is 6.08. The molecule has 1 aliphatic heterocycles. The van der Waals surface area contributed by atoms with E-state index >= 15 is 0 Å². The molecule has 0 atom stereocenters. The Labute approximate surface area is 216 Å². The molecule has 190 valence electrons. The summed E-state index contributed by atoms with van der Waals surface area (Å²) in [5.41, 5.74) is 2.24. The predicted octanol–water partition coefficient (Wildman–Crippen LogP) is 3.68. The molecule has 1 heterocycles. The highest BCUT2D eigenvalue weighted by molar-refractivity contribution is 7.92. The fourth-order valence-electron chi connectivity index (χ4n) is 4.09. The molecule has 0 saturated heterocycles. The minimum Gasteiger partial charge on any atom is -0.310 e. The van der Waals surface area contributed by atoms with E-state index in [1.165, 1.54) is 43.3 Å². The molecule has 0 saturated carbocycles. The topological polar surface area (TPSA) is 95.1 Å². The lowest BCUT2D eigenvalue weighted by atomic mass is 10.2. The second-order valence-corrected chi connectivity index (χ2v) is 13.1. The summed E-state index contributed by atoms with van der Waals surface area (Å²) in [6.45, 7) is 1.62. The molecule has 0 fully saturated rings. The number of anilines is 2. The maximum Gasteiger partial charge on any atom is 0.264 e. The molecular weight excluding hydrogens is 522 g/mol. The monoisotopic (exact) mass is 547 g/mol. The largest absolute Gasteiger partial charge is 0.310 e. The van der Waals surface area contributed by atoms with Gasteiger partial charge in [0, 0.05) is 31.4 Å². The molecule has 0 radical (unpaired) electrons. The van der Waals surface area contributed by atoms with Crippen LogP contribution < -0.4 is 9.21 Å². The minimum absolute atomic E-state index is 0.0533. The normalized spacial score (nSPS) is 13.6. The van der Waals surface area contributed by atoms with Gasteiger partial charge in [-0.2, -0.15) is 0 Å². The van der Waals surface area contributed by atoms with E-state index in [0.717, 1.165) is 8.61 Å². The molecule has 36 heavy (non-hydrogen) atoms. The average Bonchev–Trinajstić information content (AvgIpc) is 3.28. The highest BCUT2D eigenvalue weighted by Gasteiger charge is 2.33. The van der Waals surface area contributed by atoms with Crippen molar-refractivity contribution in [2.24, 2.45) is 0 Å². The molecule has 0 aromatic heterocycles. The first-order valence-electron chi connectivity index (χ1n) is 11.1. The number of carbonyl (C=O) groups is 1. The van der Waals surface area contributed by atoms with Crippen LogP contribution >= 0.6 is 11.6 Å². The van der Waals surface area contributed by atoms with Crippen molar-refractivity contribution in [1.82, 2.24) is 4.31 Å². The summed E-state index contributed by atoms with van der Waals surface area (Å²) in [7, 11) is -4.80. The first-order chi connectivity index (χ1) is 16.9. The first-order valence-corrected chi connectivity index (χ1v) is 14.4. The van der Waals surface area contributed by atoms with Crippen LogP contribution in [0.3, 0.4) is 0 Å². The molecule has 8 nitrogen and oxygen atoms in total. The minimum atomic E-state index is -4.09. The van der Waals surface area contributed by atoms with Crippen LogP contribution in [0.5, 0.6) is 0 Å². The molecule has 4 rings (SSSR count). The lowest BCUT2D eigenvalue weighted by Gasteiger charge is -2.28. The van der Waals surface area contributed by atoms with E-state index in [4.69, 9.17) is 11.6 Å². The highest BCUT2D eigenvalue weighted by Crippen LogP contribution is 2.33. The molecule has 3 aromatic carbocycles. The van der Waals surface area contributed by atoms with Crippen molar-refractivity contribution >= 4 is 48.9 Å². The van der Waals surface area contributed by atoms with Crippen molar-refractivity contribution in [2.75, 3.05) is 36.4 Å². The fraction of sp³-hybridized carbons (Fsp3) is 0.240. The number of hydrogen-bond donors (Lipinski definition) is 0. The van der Waals surface area contributed by atoms with Gasteiger partial charge in [0.2, 0.25) is 15.9 Å². The van der Waals surface area contributed by atoms with Crippen molar-refractivity contribution in [2.45, 2.75) is 23.1 Å². The van der Waals surface area contributed by atoms with Gasteiger partial charge in [-0.15, -0.1) is 0 Å². The molecular formula is C25H26ClN3O5S2. The number of sulfonamides is 2. The standard InChI is InChI=1S/C25H26ClN3O5S2/c1-18-9-10-20(26)16-24(18)29(36(33,34)21-7-5-4-6-8-21)17-25(30)28-14-13-19-15-22(11-12-23(19)28)35(31,32)27(2)3/h4-12,15-16H,13-14,17H2,1-3H3. The van der Waals surface area contributed by atoms with Crippen LogP contribution in [0.4, 0.5) is 11.4 Å². The second-order valence-electron chi connectivity index (χ2n) is 8.63. The Kier molecular flexibility index (Phi) is 7.16. The van der Waals surface area contributed by atoms with Gasteiger partial charge in [0.1, 0.15) is 6.54 Å². The third-order valence-corrected chi connectivity index (χ3v) is 9.90. The predicted molar refractivity (Wildman–Crippen MR) is 141 cm³/mol. The van der Waals surface area contributed by atoms with Gasteiger partial charge in [0.05, 0.1) is 15.5 Å². The number of benzene rings is 3. The van der Waals surface area contributed by atoms with Crippen molar-refractivity contribution in [3.05, 3.63) is 82.9 Å². The lowest BCUT2D eigenvalue weighted by molar-refractivity contribution is -0.117. The van der Waals surface area contributed by atoms with Gasteiger partial charge in [-0.25, -0.2) is 21.1 Å². The molecule has 0 N–H and O–H groups in total. The molecule has 3 aromatic rings. The summed E-state index contributed by atoms with van der Waals surface area (Å²) >= 11 is 6.19. The summed E-state index contributed by atoms with van der Waals surface area (Å²) < 4.78 is 54.5. The van der Waals surface area contributed by atoms with Gasteiger partial charge in [-0.1, -0.05) is 35.9 Å². The molecule has 1 amide bonds. The zero-order chi connectivity index (χ0) is 26.3. The van der Waals surface area contributed by atoms with E-state index < -0.39 is 32.5 Å². The fourth-order valence-corrected chi connectivity index (χ4v) is 6.70. The van der Waals surface area contributed by atoms with Crippen LogP contribution in [0.25, 0.3) is 0 Å². The third kappa shape index (κ3) is 4.86. The number of halogens is 1. The Bertz CT molecular complexity index is 1520. The number of hydrogen-bond acceptors (Lipinski definition) is 5. The zero-order valence-corrected chi connectivity index (χ0v) is 22.4. The Hall–Kier alpha value is -2.92. The van der Waals surface area contributed by atoms with Gasteiger partial charge in [0.15, 0.2) is 0 Å². The van der Waals surface area contributed by atoms with Crippen molar-refractivity contribution in [3.8, 4) is 0 Å². The van der Waals surface area contributed by atoms with Gasteiger partial charge in [-0.3, -0.25) is 9.10 Å². The first kappa shape index (κ1) is 26.2. The molecule has 0 aliphatic carbocycles. The number of fused-ring (bicyclic) bond motifs is 1. The smallest absolute Gasteiger partial charge is 0.264 e. The molecule has 0 unspecified atom stereocenters. The van der Waals surface area contributed by atoms with E-state index in [-0.39, 0.29) is 9.79 Å². The Balaban J connectivity index is 1.71. The van der Waals surface area contributed by atoms with Crippen LogP contribution in [0, 0.1) is 6.92 Å². The van der Waals surface area contributed by atoms with Crippen LogP contribution in [0.15, 0.2) is 76.5 Å². The SMILES string of the molecule is Cc1ccc(Cl)cc1N(CC(=O)N1CCc2cc(S(=O)(=O)N(C)C)ccc21)S(=O)(=O)c1ccccc1. The van der Waals surface area contributed by atoms with E-state index in [2.05, 4.69) is 0 Å². The number of nitrogens with zero attached hydrogens (tertiary/aromatic N) is 3. The Morgan fingerprint density at radius 1 is 0.917 bits per heavy atom. The number of aryl methyl sites for hydroxylation is 1. The Morgan fingerprint density at radius 3 is 2.28 bits per heavy atom. The summed E-state index contributed by atoms with van der Waals surface area (Å²) in [5, 5.41) is 0.345. The second kappa shape index (κ2) is 9.85. The summed E-state index contributed by atoms with van der Waals surface area (Å²) in [6, 6.07) is 17.4. The van der Waals surface area contributed by atoms with Crippen molar-refractivity contribution in [3.63, 3.8) is 0 Å². The molecule has 0 spiro atoms. The van der Waals surface area contributed by atoms with E-state index in [0.29, 0.717) is 40.5 Å². The van der Waals surface area contributed by atoms with Crippen molar-refractivity contribution in [1.29, 1.82) is 0 Å². The quantitative estimate of drug-likeness (QED) is 0.449. The summed E-state index contributed by atoms with van der Waals surface area (Å²) in [6.07, 6.45) is 0.458. The van der Waals surface area contributed by atoms with E-state index in [1.807, 2.05) is 0 Å². The average molecular weight is 548 g/mol. The maximum atomic E-state index is 13.7. The summed E-state index contributed by atoms with van der Waals surface area (Å²) in [5.74, 6) is -0.434. The van der Waals surface area contributed by atoms with Crippen LogP contribution in [-0.4, -0.2) is 54.2 Å². The molecule has 11 heteroatoms. The van der Waals surface area contributed by atoms with Crippen LogP contribution in [-0.2, 0) is 31.3 Å². The number of rotatable bonds is 7.